The zero-order chi connectivity index (χ0) is 18.0. The Hall–Kier alpha value is -2.83. The van der Waals surface area contributed by atoms with Gasteiger partial charge in [-0.25, -0.2) is 4.98 Å². The van der Waals surface area contributed by atoms with Crippen LogP contribution in [0.25, 0.3) is 0 Å². The minimum Gasteiger partial charge on any atom is -0.481 e. The smallest absolute Gasteiger partial charge is 0.254 e. The molecule has 1 N–H and O–H groups in total. The maximum Gasteiger partial charge on any atom is 0.254 e. The number of methoxy groups -OCH3 is 1. The van der Waals surface area contributed by atoms with E-state index in [-0.39, 0.29) is 23.8 Å². The number of pyridine rings is 1. The highest BCUT2D eigenvalue weighted by molar-refractivity contribution is 5.94. The molecule has 0 bridgehead atoms. The standard InChI is InChI=1S/C18H21N3O4/c1-11-4-5-16(25-11)14-9-21(10-15(14)20-12(2)22)18(23)13-6-7-19-17(8-13)24-3/h4-8,14-15H,9-10H2,1-3H3,(H,20,22)/t14-,15-/m1/s1. The van der Waals surface area contributed by atoms with Crippen molar-refractivity contribution in [3.8, 4) is 5.88 Å². The van der Waals surface area contributed by atoms with Gasteiger partial charge in [0, 0.05) is 37.8 Å². The normalized spacial score (nSPS) is 19.7. The van der Waals surface area contributed by atoms with E-state index in [0.29, 0.717) is 24.5 Å². The summed E-state index contributed by atoms with van der Waals surface area (Å²) in [5, 5.41) is 2.93. The first-order valence-electron chi connectivity index (χ1n) is 8.10. The molecule has 3 heterocycles. The van der Waals surface area contributed by atoms with Crippen molar-refractivity contribution in [2.75, 3.05) is 20.2 Å². The van der Waals surface area contributed by atoms with E-state index in [2.05, 4.69) is 10.3 Å². The van der Waals surface area contributed by atoms with Gasteiger partial charge in [-0.2, -0.15) is 0 Å². The van der Waals surface area contributed by atoms with E-state index < -0.39 is 0 Å². The summed E-state index contributed by atoms with van der Waals surface area (Å²) in [6.45, 7) is 4.25. The van der Waals surface area contributed by atoms with Gasteiger partial charge in [0.1, 0.15) is 11.5 Å². The first-order chi connectivity index (χ1) is 12.0. The summed E-state index contributed by atoms with van der Waals surface area (Å²) in [6.07, 6.45) is 1.54. The predicted octanol–water partition coefficient (Wildman–Crippen LogP) is 1.74. The van der Waals surface area contributed by atoms with Gasteiger partial charge in [-0.3, -0.25) is 9.59 Å². The van der Waals surface area contributed by atoms with Gasteiger partial charge >= 0.3 is 0 Å². The summed E-state index contributed by atoms with van der Waals surface area (Å²) < 4.78 is 10.8. The first kappa shape index (κ1) is 17.0. The number of carbonyl (C=O) groups excluding carboxylic acids is 2. The predicted molar refractivity (Wildman–Crippen MR) is 90.5 cm³/mol. The minimum atomic E-state index is -0.185. The SMILES string of the molecule is COc1cc(C(=O)N2C[C@@H](NC(C)=O)[C@H](c3ccc(C)o3)C2)ccn1. The summed E-state index contributed by atoms with van der Waals surface area (Å²) >= 11 is 0. The fraction of sp³-hybridized carbons (Fsp3) is 0.389. The molecule has 0 radical (unpaired) electrons. The number of hydrogen-bond donors (Lipinski definition) is 1. The van der Waals surface area contributed by atoms with Crippen molar-refractivity contribution < 1.29 is 18.7 Å². The number of ether oxygens (including phenoxy) is 1. The minimum absolute atomic E-state index is 0.0784. The van der Waals surface area contributed by atoms with E-state index >= 15 is 0 Å². The molecule has 25 heavy (non-hydrogen) atoms. The maximum absolute atomic E-state index is 12.8. The van der Waals surface area contributed by atoms with Gasteiger partial charge in [0.15, 0.2) is 0 Å². The topological polar surface area (TPSA) is 84.7 Å². The second kappa shape index (κ2) is 6.96. The number of amides is 2. The van der Waals surface area contributed by atoms with E-state index in [1.54, 1.807) is 23.2 Å². The Kier molecular flexibility index (Phi) is 4.74. The van der Waals surface area contributed by atoms with Crippen LogP contribution in [0.3, 0.4) is 0 Å². The van der Waals surface area contributed by atoms with Crippen LogP contribution in [0.15, 0.2) is 34.9 Å². The average molecular weight is 343 g/mol. The van der Waals surface area contributed by atoms with Crippen LogP contribution in [0.4, 0.5) is 0 Å². The lowest BCUT2D eigenvalue weighted by atomic mass is 10.0. The molecule has 0 aromatic carbocycles. The Bertz CT molecular complexity index is 786. The largest absolute Gasteiger partial charge is 0.481 e. The van der Waals surface area contributed by atoms with Crippen LogP contribution in [-0.4, -0.2) is 47.9 Å². The maximum atomic E-state index is 12.8. The number of carbonyl (C=O) groups is 2. The van der Waals surface area contributed by atoms with Crippen molar-refractivity contribution in [2.45, 2.75) is 25.8 Å². The van der Waals surface area contributed by atoms with E-state index in [1.165, 1.54) is 14.0 Å². The molecule has 7 nitrogen and oxygen atoms in total. The second-order valence-electron chi connectivity index (χ2n) is 6.16. The summed E-state index contributed by atoms with van der Waals surface area (Å²) in [6, 6.07) is 6.87. The Balaban J connectivity index is 1.82. The molecular weight excluding hydrogens is 322 g/mol. The third kappa shape index (κ3) is 3.65. The molecule has 0 aliphatic carbocycles. The molecule has 1 saturated heterocycles. The van der Waals surface area contributed by atoms with Gasteiger partial charge in [-0.1, -0.05) is 0 Å². The molecule has 7 heteroatoms. The molecule has 0 spiro atoms. The number of likely N-dealkylation sites (tertiary alicyclic amines) is 1. The van der Waals surface area contributed by atoms with Crippen molar-refractivity contribution in [3.05, 3.63) is 47.5 Å². The molecule has 132 valence electrons. The lowest BCUT2D eigenvalue weighted by Gasteiger charge is -2.17. The van der Waals surface area contributed by atoms with Crippen LogP contribution >= 0.6 is 0 Å². The summed E-state index contributed by atoms with van der Waals surface area (Å²) in [4.78, 5) is 30.1. The van der Waals surface area contributed by atoms with Crippen LogP contribution in [-0.2, 0) is 4.79 Å². The zero-order valence-electron chi connectivity index (χ0n) is 14.5. The molecule has 0 unspecified atom stereocenters. The van der Waals surface area contributed by atoms with Crippen molar-refractivity contribution >= 4 is 11.8 Å². The summed E-state index contributed by atoms with van der Waals surface area (Å²) in [5.41, 5.74) is 0.504. The van der Waals surface area contributed by atoms with Crippen LogP contribution in [0.2, 0.25) is 0 Å². The molecule has 3 rings (SSSR count). The highest BCUT2D eigenvalue weighted by atomic mass is 16.5. The van der Waals surface area contributed by atoms with Crippen molar-refractivity contribution in [1.82, 2.24) is 15.2 Å². The highest BCUT2D eigenvalue weighted by Crippen LogP contribution is 2.30. The second-order valence-corrected chi connectivity index (χ2v) is 6.16. The Morgan fingerprint density at radius 2 is 2.12 bits per heavy atom. The molecule has 2 aromatic heterocycles. The van der Waals surface area contributed by atoms with Gasteiger partial charge in [0.2, 0.25) is 11.8 Å². The van der Waals surface area contributed by atoms with Crippen LogP contribution in [0, 0.1) is 6.92 Å². The molecule has 2 aromatic rings. The van der Waals surface area contributed by atoms with Crippen molar-refractivity contribution in [2.24, 2.45) is 0 Å². The van der Waals surface area contributed by atoms with Crippen LogP contribution < -0.4 is 10.1 Å². The van der Waals surface area contributed by atoms with E-state index in [9.17, 15) is 9.59 Å². The molecule has 1 fully saturated rings. The van der Waals surface area contributed by atoms with Crippen molar-refractivity contribution in [1.29, 1.82) is 0 Å². The molecule has 1 aliphatic rings. The van der Waals surface area contributed by atoms with Gasteiger partial charge in [0.25, 0.3) is 5.91 Å². The number of nitrogens with zero attached hydrogens (tertiary/aromatic N) is 2. The lowest BCUT2D eigenvalue weighted by Crippen LogP contribution is -2.39. The van der Waals surface area contributed by atoms with E-state index in [0.717, 1.165) is 11.5 Å². The zero-order valence-corrected chi connectivity index (χ0v) is 14.5. The molecule has 2 amide bonds. The fourth-order valence-electron chi connectivity index (χ4n) is 3.15. The number of rotatable bonds is 4. The van der Waals surface area contributed by atoms with Gasteiger partial charge in [-0.05, 0) is 25.1 Å². The lowest BCUT2D eigenvalue weighted by molar-refractivity contribution is -0.119. The first-order valence-corrected chi connectivity index (χ1v) is 8.10. The highest BCUT2D eigenvalue weighted by Gasteiger charge is 2.38. The Morgan fingerprint density at radius 3 is 2.76 bits per heavy atom. The number of aromatic nitrogens is 1. The third-order valence-electron chi connectivity index (χ3n) is 4.31. The number of nitrogens with one attached hydrogen (secondary N) is 1. The van der Waals surface area contributed by atoms with Gasteiger partial charge in [0.05, 0.1) is 19.1 Å². The summed E-state index contributed by atoms with van der Waals surface area (Å²) in [7, 11) is 1.51. The fourth-order valence-corrected chi connectivity index (χ4v) is 3.15. The van der Waals surface area contributed by atoms with Gasteiger partial charge < -0.3 is 19.4 Å². The molecular formula is C18H21N3O4. The van der Waals surface area contributed by atoms with Crippen molar-refractivity contribution in [3.63, 3.8) is 0 Å². The molecule has 0 saturated carbocycles. The average Bonchev–Trinajstić information content (AvgIpc) is 3.20. The van der Waals surface area contributed by atoms with Crippen LogP contribution in [0.1, 0.15) is 34.7 Å². The third-order valence-corrected chi connectivity index (χ3v) is 4.31. The molecule has 1 aliphatic heterocycles. The van der Waals surface area contributed by atoms with Gasteiger partial charge in [-0.15, -0.1) is 0 Å². The number of furan rings is 1. The Morgan fingerprint density at radius 1 is 1.32 bits per heavy atom. The van der Waals surface area contributed by atoms with E-state index in [1.807, 2.05) is 19.1 Å². The summed E-state index contributed by atoms with van der Waals surface area (Å²) in [5.74, 6) is 1.64. The van der Waals surface area contributed by atoms with E-state index in [4.69, 9.17) is 9.15 Å². The Labute approximate surface area is 146 Å². The van der Waals surface area contributed by atoms with Crippen LogP contribution in [0.5, 0.6) is 5.88 Å². The number of aryl methyl sites for hydroxylation is 1. The molecule has 2 atom stereocenters. The number of hydrogen-bond acceptors (Lipinski definition) is 5. The monoisotopic (exact) mass is 343 g/mol. The quantitative estimate of drug-likeness (QED) is 0.914.